The fourth-order valence-corrected chi connectivity index (χ4v) is 3.94. The average molecular weight is 332 g/mol. The monoisotopic (exact) mass is 331 g/mol. The maximum atomic E-state index is 4.73. The van der Waals surface area contributed by atoms with Crippen molar-refractivity contribution in [2.75, 3.05) is 36.3 Å². The zero-order chi connectivity index (χ0) is 15.7. The van der Waals surface area contributed by atoms with Crippen LogP contribution in [0.1, 0.15) is 12.5 Å². The quantitative estimate of drug-likeness (QED) is 0.605. The van der Waals surface area contributed by atoms with Gasteiger partial charge in [0.2, 0.25) is 0 Å². The first-order valence-corrected chi connectivity index (χ1v) is 9.99. The van der Waals surface area contributed by atoms with Gasteiger partial charge in [-0.2, -0.15) is 11.8 Å². The minimum atomic E-state index is 0.803. The van der Waals surface area contributed by atoms with Gasteiger partial charge in [0.1, 0.15) is 0 Å². The SMILES string of the molecule is C=C(C)c1ccc(N2CC(CSC)C2)c2cnc(SC)nc12. The summed E-state index contributed by atoms with van der Waals surface area (Å²) < 4.78 is 0. The van der Waals surface area contributed by atoms with E-state index >= 15 is 0 Å². The number of aromatic nitrogens is 2. The Hall–Kier alpha value is -1.20. The molecular formula is C17H21N3S2. The fourth-order valence-electron chi connectivity index (χ4n) is 2.92. The van der Waals surface area contributed by atoms with Gasteiger partial charge in [0.15, 0.2) is 5.16 Å². The standard InChI is InChI=1S/C17H21N3S2/c1-11(2)13-5-6-15(20-8-12(9-20)10-21-3)14-7-18-17(22-4)19-16(13)14/h5-7,12H,1,8-10H2,2-4H3. The molecule has 0 atom stereocenters. The topological polar surface area (TPSA) is 29.0 Å². The highest BCUT2D eigenvalue weighted by Gasteiger charge is 2.28. The van der Waals surface area contributed by atoms with Crippen molar-refractivity contribution in [3.8, 4) is 0 Å². The Bertz CT molecular complexity index is 708. The summed E-state index contributed by atoms with van der Waals surface area (Å²) in [6.07, 6.45) is 6.16. The number of thioether (sulfide) groups is 2. The number of hydrogen-bond acceptors (Lipinski definition) is 5. The van der Waals surface area contributed by atoms with Crippen LogP contribution in [-0.2, 0) is 0 Å². The molecule has 1 fully saturated rings. The third-order valence-electron chi connectivity index (χ3n) is 4.05. The summed E-state index contributed by atoms with van der Waals surface area (Å²) in [6, 6.07) is 4.35. The van der Waals surface area contributed by atoms with Crippen molar-refractivity contribution >= 4 is 45.7 Å². The zero-order valence-electron chi connectivity index (χ0n) is 13.3. The number of nitrogens with zero attached hydrogens (tertiary/aromatic N) is 3. The van der Waals surface area contributed by atoms with Crippen molar-refractivity contribution in [1.29, 1.82) is 0 Å². The second kappa shape index (κ2) is 6.50. The van der Waals surface area contributed by atoms with E-state index in [0.29, 0.717) is 0 Å². The highest BCUT2D eigenvalue weighted by atomic mass is 32.2. The second-order valence-electron chi connectivity index (χ2n) is 5.76. The first kappa shape index (κ1) is 15.7. The van der Waals surface area contributed by atoms with E-state index in [1.807, 2.05) is 31.1 Å². The van der Waals surface area contributed by atoms with E-state index in [9.17, 15) is 0 Å². The molecule has 0 radical (unpaired) electrons. The first-order chi connectivity index (χ1) is 10.6. The van der Waals surface area contributed by atoms with E-state index in [-0.39, 0.29) is 0 Å². The summed E-state index contributed by atoms with van der Waals surface area (Å²) in [4.78, 5) is 11.6. The van der Waals surface area contributed by atoms with Crippen LogP contribution in [0.25, 0.3) is 16.5 Å². The van der Waals surface area contributed by atoms with Crippen LogP contribution in [0.3, 0.4) is 0 Å². The smallest absolute Gasteiger partial charge is 0.187 e. The molecule has 0 spiro atoms. The Kier molecular flexibility index (Phi) is 4.64. The molecule has 0 N–H and O–H groups in total. The number of allylic oxidation sites excluding steroid dienone is 1. The number of rotatable bonds is 5. The first-order valence-electron chi connectivity index (χ1n) is 7.37. The van der Waals surface area contributed by atoms with E-state index in [1.54, 1.807) is 11.8 Å². The molecule has 0 saturated carbocycles. The largest absolute Gasteiger partial charge is 0.370 e. The Labute approximate surface area is 140 Å². The van der Waals surface area contributed by atoms with Crippen molar-refractivity contribution in [2.45, 2.75) is 12.1 Å². The minimum absolute atomic E-state index is 0.803. The van der Waals surface area contributed by atoms with Crippen LogP contribution in [0.15, 0.2) is 30.1 Å². The summed E-state index contributed by atoms with van der Waals surface area (Å²) in [5, 5.41) is 1.96. The highest BCUT2D eigenvalue weighted by molar-refractivity contribution is 7.98. The molecule has 3 nitrogen and oxygen atoms in total. The molecule has 3 rings (SSSR count). The Morgan fingerprint density at radius 3 is 2.77 bits per heavy atom. The molecule has 2 aromatic rings. The predicted octanol–water partition coefficient (Wildman–Crippen LogP) is 4.18. The number of anilines is 1. The van der Waals surface area contributed by atoms with Crippen LogP contribution in [0.5, 0.6) is 0 Å². The van der Waals surface area contributed by atoms with Gasteiger partial charge in [0.05, 0.1) is 5.52 Å². The normalized spacial score (nSPS) is 15.1. The molecule has 0 aliphatic carbocycles. The average Bonchev–Trinajstić information content (AvgIpc) is 2.48. The van der Waals surface area contributed by atoms with Gasteiger partial charge in [-0.3, -0.25) is 0 Å². The highest BCUT2D eigenvalue weighted by Crippen LogP contribution is 2.35. The molecule has 1 aromatic heterocycles. The van der Waals surface area contributed by atoms with Crippen LogP contribution in [0.2, 0.25) is 0 Å². The van der Waals surface area contributed by atoms with Crippen LogP contribution in [-0.4, -0.2) is 41.3 Å². The molecular weight excluding hydrogens is 310 g/mol. The molecule has 5 heteroatoms. The molecule has 0 amide bonds. The van der Waals surface area contributed by atoms with Crippen LogP contribution in [0.4, 0.5) is 5.69 Å². The Balaban J connectivity index is 2.02. The van der Waals surface area contributed by atoms with Crippen molar-refractivity contribution in [2.24, 2.45) is 5.92 Å². The predicted molar refractivity (Wildman–Crippen MR) is 100 cm³/mol. The number of fused-ring (bicyclic) bond motifs is 1. The molecule has 22 heavy (non-hydrogen) atoms. The number of benzene rings is 1. The fraction of sp³-hybridized carbons (Fsp3) is 0.412. The molecule has 1 aliphatic rings. The Morgan fingerprint density at radius 1 is 1.36 bits per heavy atom. The lowest BCUT2D eigenvalue weighted by Gasteiger charge is -2.41. The van der Waals surface area contributed by atoms with E-state index < -0.39 is 0 Å². The van der Waals surface area contributed by atoms with Crippen molar-refractivity contribution < 1.29 is 0 Å². The maximum absolute atomic E-state index is 4.73. The van der Waals surface area contributed by atoms with Gasteiger partial charge in [-0.1, -0.05) is 24.4 Å². The molecule has 0 bridgehead atoms. The van der Waals surface area contributed by atoms with Gasteiger partial charge in [-0.05, 0) is 36.8 Å². The van der Waals surface area contributed by atoms with Gasteiger partial charge in [-0.25, -0.2) is 9.97 Å². The molecule has 1 saturated heterocycles. The summed E-state index contributed by atoms with van der Waals surface area (Å²) >= 11 is 3.51. The van der Waals surface area contributed by atoms with Crippen LogP contribution < -0.4 is 4.90 Å². The molecule has 116 valence electrons. The summed E-state index contributed by atoms with van der Waals surface area (Å²) in [5.41, 5.74) is 4.45. The second-order valence-corrected chi connectivity index (χ2v) is 7.44. The third-order valence-corrected chi connectivity index (χ3v) is 5.41. The van der Waals surface area contributed by atoms with Crippen LogP contribution >= 0.6 is 23.5 Å². The van der Waals surface area contributed by atoms with E-state index in [1.165, 1.54) is 11.4 Å². The van der Waals surface area contributed by atoms with E-state index in [2.05, 4.69) is 34.9 Å². The van der Waals surface area contributed by atoms with Gasteiger partial charge in [0, 0.05) is 41.8 Å². The zero-order valence-corrected chi connectivity index (χ0v) is 14.9. The maximum Gasteiger partial charge on any atom is 0.187 e. The molecule has 1 aliphatic heterocycles. The van der Waals surface area contributed by atoms with Crippen molar-refractivity contribution in [1.82, 2.24) is 9.97 Å². The van der Waals surface area contributed by atoms with E-state index in [0.717, 1.165) is 46.2 Å². The summed E-state index contributed by atoms with van der Waals surface area (Å²) in [5.74, 6) is 2.04. The molecule has 1 aromatic carbocycles. The van der Waals surface area contributed by atoms with Crippen molar-refractivity contribution in [3.05, 3.63) is 30.5 Å². The number of hydrogen-bond donors (Lipinski definition) is 0. The van der Waals surface area contributed by atoms with Crippen molar-refractivity contribution in [3.63, 3.8) is 0 Å². The molecule has 2 heterocycles. The Morgan fingerprint density at radius 2 is 2.14 bits per heavy atom. The minimum Gasteiger partial charge on any atom is -0.370 e. The van der Waals surface area contributed by atoms with Crippen LogP contribution in [0, 0.1) is 5.92 Å². The lowest BCUT2D eigenvalue weighted by molar-refractivity contribution is 0.456. The summed E-state index contributed by atoms with van der Waals surface area (Å²) in [7, 11) is 0. The van der Waals surface area contributed by atoms with Gasteiger partial charge in [0.25, 0.3) is 0 Å². The van der Waals surface area contributed by atoms with Gasteiger partial charge < -0.3 is 4.90 Å². The van der Waals surface area contributed by atoms with Gasteiger partial charge in [-0.15, -0.1) is 0 Å². The lowest BCUT2D eigenvalue weighted by atomic mass is 9.98. The summed E-state index contributed by atoms with van der Waals surface area (Å²) in [6.45, 7) is 8.39. The van der Waals surface area contributed by atoms with Gasteiger partial charge >= 0.3 is 0 Å². The van der Waals surface area contributed by atoms with E-state index in [4.69, 9.17) is 4.98 Å². The third kappa shape index (κ3) is 2.84. The lowest BCUT2D eigenvalue weighted by Crippen LogP contribution is -2.48. The molecule has 0 unspecified atom stereocenters.